The maximum atomic E-state index is 14.9. The van der Waals surface area contributed by atoms with Gasteiger partial charge in [-0.2, -0.15) is 0 Å². The third-order valence-electron chi connectivity index (χ3n) is 6.92. The highest BCUT2D eigenvalue weighted by Gasteiger charge is 2.43. The Morgan fingerprint density at radius 3 is 2.29 bits per heavy atom. The van der Waals surface area contributed by atoms with Crippen LogP contribution < -0.4 is 4.74 Å². The number of hydrogen-bond acceptors (Lipinski definition) is 7. The van der Waals surface area contributed by atoms with Gasteiger partial charge in [0.2, 0.25) is 5.60 Å². The number of carbonyl (C=O) groups excluding carboxylic acids is 3. The molecule has 0 radical (unpaired) electrons. The average Bonchev–Trinajstić information content (AvgIpc) is 2.98. The first kappa shape index (κ1) is 32.7. The lowest BCUT2D eigenvalue weighted by atomic mass is 9.88. The molecule has 8 heteroatoms. The van der Waals surface area contributed by atoms with Crippen LogP contribution in [-0.2, 0) is 23.8 Å². The van der Waals surface area contributed by atoms with E-state index in [0.717, 1.165) is 37.3 Å². The van der Waals surface area contributed by atoms with E-state index in [0.29, 0.717) is 19.4 Å². The molecule has 0 bridgehead atoms. The standard InChI is InChI=1S/C34H41FO7/c1-5-7-8-10-13-24(3)40-32(37)29-17-16-28(23-30(29)35)41-33(38)34(42-31(36)25(4)39-22-6-2)20-18-27(19-21-34)26-14-11-9-12-15-26/h9,11-12,14-21,23-25,27H,5-8,10,13,22H2,1-4H3/t24-,25-,27?,34?/m0/s1. The molecule has 0 unspecified atom stereocenters. The second-order valence-electron chi connectivity index (χ2n) is 10.5. The van der Waals surface area contributed by atoms with Crippen LogP contribution in [0.25, 0.3) is 0 Å². The van der Waals surface area contributed by atoms with Crippen molar-refractivity contribution in [2.24, 2.45) is 0 Å². The van der Waals surface area contributed by atoms with Gasteiger partial charge in [0.25, 0.3) is 0 Å². The summed E-state index contributed by atoms with van der Waals surface area (Å²) < 4.78 is 36.9. The topological polar surface area (TPSA) is 88.1 Å². The first-order chi connectivity index (χ1) is 20.2. The van der Waals surface area contributed by atoms with Crippen LogP contribution in [0.1, 0.15) is 88.1 Å². The van der Waals surface area contributed by atoms with Gasteiger partial charge in [0, 0.05) is 18.6 Å². The SMILES string of the molecule is CCCCCC[C@H](C)OC(=O)c1ccc(OC(=O)C2(OC(=O)[C@H](C)OCCC)C=CC(c3ccccc3)C=C2)cc1F. The molecule has 0 saturated heterocycles. The Bertz CT molecular complexity index is 1240. The van der Waals surface area contributed by atoms with Gasteiger partial charge in [-0.15, -0.1) is 0 Å². The fourth-order valence-electron chi connectivity index (χ4n) is 4.44. The third-order valence-corrected chi connectivity index (χ3v) is 6.92. The smallest absolute Gasteiger partial charge is 0.364 e. The van der Waals surface area contributed by atoms with Gasteiger partial charge in [0.15, 0.2) is 6.10 Å². The molecule has 0 amide bonds. The lowest BCUT2D eigenvalue weighted by Crippen LogP contribution is -2.46. The van der Waals surface area contributed by atoms with Crippen molar-refractivity contribution in [1.29, 1.82) is 0 Å². The van der Waals surface area contributed by atoms with Crippen LogP contribution in [0.2, 0.25) is 0 Å². The lowest BCUT2D eigenvalue weighted by molar-refractivity contribution is -0.174. The van der Waals surface area contributed by atoms with Gasteiger partial charge in [-0.25, -0.2) is 18.8 Å². The van der Waals surface area contributed by atoms with Crippen molar-refractivity contribution in [2.75, 3.05) is 6.61 Å². The molecular weight excluding hydrogens is 539 g/mol. The van der Waals surface area contributed by atoms with Gasteiger partial charge < -0.3 is 18.9 Å². The summed E-state index contributed by atoms with van der Waals surface area (Å²) in [5, 5.41) is 0. The van der Waals surface area contributed by atoms with Crippen LogP contribution in [0, 0.1) is 5.82 Å². The van der Waals surface area contributed by atoms with Crippen LogP contribution in [-0.4, -0.2) is 42.3 Å². The molecule has 0 aromatic heterocycles. The molecule has 0 fully saturated rings. The van der Waals surface area contributed by atoms with Crippen LogP contribution in [0.5, 0.6) is 5.75 Å². The first-order valence-corrected chi connectivity index (χ1v) is 14.7. The molecule has 0 aliphatic heterocycles. The maximum Gasteiger partial charge on any atom is 0.364 e. The Kier molecular flexibility index (Phi) is 12.5. The van der Waals surface area contributed by atoms with E-state index in [-0.39, 0.29) is 23.3 Å². The maximum absolute atomic E-state index is 14.9. The molecule has 3 rings (SSSR count). The van der Waals surface area contributed by atoms with Crippen molar-refractivity contribution < 1.29 is 37.7 Å². The molecule has 0 saturated carbocycles. The van der Waals surface area contributed by atoms with E-state index in [4.69, 9.17) is 18.9 Å². The zero-order chi connectivity index (χ0) is 30.5. The Hall–Kier alpha value is -3.78. The van der Waals surface area contributed by atoms with Crippen molar-refractivity contribution in [1.82, 2.24) is 0 Å². The average molecular weight is 581 g/mol. The number of rotatable bonds is 15. The van der Waals surface area contributed by atoms with E-state index in [1.165, 1.54) is 24.3 Å². The zero-order valence-electron chi connectivity index (χ0n) is 24.8. The van der Waals surface area contributed by atoms with Gasteiger partial charge in [0.05, 0.1) is 11.7 Å². The molecule has 0 N–H and O–H groups in total. The quantitative estimate of drug-likeness (QED) is 0.0949. The number of carbonyl (C=O) groups is 3. The number of hydrogen-bond donors (Lipinski definition) is 0. The molecule has 2 aromatic rings. The predicted octanol–water partition coefficient (Wildman–Crippen LogP) is 7.25. The van der Waals surface area contributed by atoms with E-state index in [9.17, 15) is 18.8 Å². The van der Waals surface area contributed by atoms with E-state index in [1.54, 1.807) is 26.0 Å². The Morgan fingerprint density at radius 2 is 1.64 bits per heavy atom. The molecule has 1 aliphatic rings. The van der Waals surface area contributed by atoms with Crippen molar-refractivity contribution >= 4 is 17.9 Å². The minimum absolute atomic E-state index is 0.153. The molecule has 7 nitrogen and oxygen atoms in total. The fraction of sp³-hybridized carbons (Fsp3) is 0.441. The molecule has 0 spiro atoms. The second-order valence-corrected chi connectivity index (χ2v) is 10.5. The molecule has 1 aliphatic carbocycles. The summed E-state index contributed by atoms with van der Waals surface area (Å²) in [4.78, 5) is 38.9. The molecule has 2 atom stereocenters. The fourth-order valence-corrected chi connectivity index (χ4v) is 4.44. The van der Waals surface area contributed by atoms with E-state index in [1.807, 2.05) is 37.3 Å². The first-order valence-electron chi connectivity index (χ1n) is 14.7. The van der Waals surface area contributed by atoms with Crippen molar-refractivity contribution in [2.45, 2.75) is 89.9 Å². The predicted molar refractivity (Wildman–Crippen MR) is 158 cm³/mol. The van der Waals surface area contributed by atoms with Crippen LogP contribution in [0.3, 0.4) is 0 Å². The summed E-state index contributed by atoms with van der Waals surface area (Å²) in [7, 11) is 0. The lowest BCUT2D eigenvalue weighted by Gasteiger charge is -2.30. The van der Waals surface area contributed by atoms with E-state index >= 15 is 0 Å². The summed E-state index contributed by atoms with van der Waals surface area (Å²) in [6, 6.07) is 13.0. The molecular formula is C34H41FO7. The highest BCUT2D eigenvalue weighted by molar-refractivity contribution is 5.92. The van der Waals surface area contributed by atoms with E-state index < -0.39 is 35.4 Å². The number of ether oxygens (including phenoxy) is 4. The minimum atomic E-state index is -1.90. The van der Waals surface area contributed by atoms with Gasteiger partial charge in [-0.05, 0) is 63.0 Å². The summed E-state index contributed by atoms with van der Waals surface area (Å²) in [6.45, 7) is 7.70. The molecule has 2 aromatic carbocycles. The molecule has 0 heterocycles. The van der Waals surface area contributed by atoms with Gasteiger partial charge in [0.1, 0.15) is 11.6 Å². The summed E-state index contributed by atoms with van der Waals surface area (Å²) in [5.41, 5.74) is -1.17. The summed E-state index contributed by atoms with van der Waals surface area (Å²) >= 11 is 0. The van der Waals surface area contributed by atoms with Gasteiger partial charge >= 0.3 is 17.9 Å². The van der Waals surface area contributed by atoms with Crippen molar-refractivity contribution in [3.63, 3.8) is 0 Å². The summed E-state index contributed by atoms with van der Waals surface area (Å²) in [6.07, 6.45) is 10.7. The number of unbranched alkanes of at least 4 members (excludes halogenated alkanes) is 3. The third kappa shape index (κ3) is 9.11. The number of esters is 3. The second kappa shape index (κ2) is 16.0. The highest BCUT2D eigenvalue weighted by Crippen LogP contribution is 2.31. The van der Waals surface area contributed by atoms with Gasteiger partial charge in [-0.3, -0.25) is 0 Å². The number of halogens is 1. The monoisotopic (exact) mass is 580 g/mol. The highest BCUT2D eigenvalue weighted by atomic mass is 19.1. The largest absolute Gasteiger partial charge is 0.459 e. The normalized spacial score (nSPS) is 19.1. The minimum Gasteiger partial charge on any atom is -0.459 e. The van der Waals surface area contributed by atoms with E-state index in [2.05, 4.69) is 6.92 Å². The van der Waals surface area contributed by atoms with Crippen LogP contribution in [0.4, 0.5) is 4.39 Å². The number of allylic oxidation sites excluding steroid dienone is 2. The van der Waals surface area contributed by atoms with Crippen LogP contribution in [0.15, 0.2) is 72.8 Å². The van der Waals surface area contributed by atoms with Crippen molar-refractivity contribution in [3.05, 3.63) is 89.8 Å². The number of benzene rings is 2. The molecule has 42 heavy (non-hydrogen) atoms. The zero-order valence-corrected chi connectivity index (χ0v) is 24.8. The Labute approximate surface area is 247 Å². The Balaban J connectivity index is 1.74. The molecule has 226 valence electrons. The van der Waals surface area contributed by atoms with Gasteiger partial charge in [-0.1, -0.05) is 75.6 Å². The van der Waals surface area contributed by atoms with Crippen molar-refractivity contribution in [3.8, 4) is 5.75 Å². The Morgan fingerprint density at radius 1 is 0.929 bits per heavy atom. The van der Waals surface area contributed by atoms with Crippen LogP contribution >= 0.6 is 0 Å². The summed E-state index contributed by atoms with van der Waals surface area (Å²) in [5.74, 6) is -3.69.